The first kappa shape index (κ1) is 14.5. The summed E-state index contributed by atoms with van der Waals surface area (Å²) >= 11 is 1.67. The van der Waals surface area contributed by atoms with Gasteiger partial charge < -0.3 is 10.0 Å². The van der Waals surface area contributed by atoms with Crippen LogP contribution in [-0.4, -0.2) is 24.2 Å². The molecule has 0 amide bonds. The van der Waals surface area contributed by atoms with Crippen molar-refractivity contribution >= 4 is 23.0 Å². The van der Waals surface area contributed by atoms with Gasteiger partial charge in [-0.25, -0.2) is 9.18 Å². The van der Waals surface area contributed by atoms with Crippen molar-refractivity contribution in [1.29, 1.82) is 0 Å². The summed E-state index contributed by atoms with van der Waals surface area (Å²) in [5.74, 6) is -1.65. The Hall–Kier alpha value is -1.88. The van der Waals surface area contributed by atoms with Crippen molar-refractivity contribution in [3.63, 3.8) is 0 Å². The van der Waals surface area contributed by atoms with Crippen molar-refractivity contribution in [2.45, 2.75) is 19.4 Å². The quantitative estimate of drug-likeness (QED) is 0.914. The van der Waals surface area contributed by atoms with Gasteiger partial charge in [0.25, 0.3) is 0 Å². The first-order valence-electron chi connectivity index (χ1n) is 6.27. The molecule has 1 aromatic heterocycles. The van der Waals surface area contributed by atoms with Crippen LogP contribution in [0.5, 0.6) is 0 Å². The molecule has 2 rings (SSSR count). The molecule has 1 heterocycles. The van der Waals surface area contributed by atoms with Crippen molar-refractivity contribution in [2.75, 3.05) is 11.9 Å². The van der Waals surface area contributed by atoms with Gasteiger partial charge in [-0.15, -0.1) is 11.3 Å². The van der Waals surface area contributed by atoms with E-state index < -0.39 is 11.8 Å². The number of hydrogen-bond donors (Lipinski definition) is 1. The SMILES string of the molecule is CC(Cc1cccs1)N(C)c1ccc(F)cc1C(=O)O. The van der Waals surface area contributed by atoms with E-state index in [1.165, 1.54) is 17.0 Å². The lowest BCUT2D eigenvalue weighted by molar-refractivity contribution is 0.0697. The second-order valence-electron chi connectivity index (χ2n) is 4.71. The highest BCUT2D eigenvalue weighted by molar-refractivity contribution is 7.09. The van der Waals surface area contributed by atoms with E-state index in [9.17, 15) is 14.3 Å². The second kappa shape index (κ2) is 6.05. The molecule has 0 spiro atoms. The lowest BCUT2D eigenvalue weighted by Gasteiger charge is -2.28. The molecule has 1 unspecified atom stereocenters. The number of benzene rings is 1. The number of thiophene rings is 1. The van der Waals surface area contributed by atoms with Crippen LogP contribution in [0.4, 0.5) is 10.1 Å². The van der Waals surface area contributed by atoms with Crippen molar-refractivity contribution in [3.05, 3.63) is 52.0 Å². The molecular formula is C15H16FNO2S. The highest BCUT2D eigenvalue weighted by Gasteiger charge is 2.18. The average Bonchev–Trinajstić information content (AvgIpc) is 2.90. The van der Waals surface area contributed by atoms with Crippen molar-refractivity contribution in [3.8, 4) is 0 Å². The largest absolute Gasteiger partial charge is 0.478 e. The third kappa shape index (κ3) is 3.17. The number of aromatic carboxylic acids is 1. The monoisotopic (exact) mass is 293 g/mol. The zero-order valence-corrected chi connectivity index (χ0v) is 12.2. The molecule has 0 aliphatic carbocycles. The Labute approximate surface area is 121 Å². The Balaban J connectivity index is 2.24. The lowest BCUT2D eigenvalue weighted by atomic mass is 10.1. The van der Waals surface area contributed by atoms with E-state index in [0.29, 0.717) is 5.69 Å². The van der Waals surface area contributed by atoms with Crippen LogP contribution in [0, 0.1) is 5.82 Å². The summed E-state index contributed by atoms with van der Waals surface area (Å²) in [7, 11) is 1.83. The predicted octanol–water partition coefficient (Wildman–Crippen LogP) is 3.65. The van der Waals surface area contributed by atoms with Crippen molar-refractivity contribution < 1.29 is 14.3 Å². The van der Waals surface area contributed by atoms with E-state index >= 15 is 0 Å². The Morgan fingerprint density at radius 1 is 1.45 bits per heavy atom. The summed E-state index contributed by atoms with van der Waals surface area (Å²) in [5.41, 5.74) is 0.522. The summed E-state index contributed by atoms with van der Waals surface area (Å²) < 4.78 is 13.2. The number of carboxylic acids is 1. The van der Waals surface area contributed by atoms with Crippen LogP contribution >= 0.6 is 11.3 Å². The van der Waals surface area contributed by atoms with E-state index in [1.54, 1.807) is 11.3 Å². The van der Waals surface area contributed by atoms with Crippen LogP contribution in [0.2, 0.25) is 0 Å². The number of anilines is 1. The average molecular weight is 293 g/mol. The number of carboxylic acid groups (broad SMARTS) is 1. The third-order valence-corrected chi connectivity index (χ3v) is 4.21. The van der Waals surface area contributed by atoms with Crippen LogP contribution in [0.15, 0.2) is 35.7 Å². The number of rotatable bonds is 5. The zero-order valence-electron chi connectivity index (χ0n) is 11.3. The molecule has 0 aliphatic heterocycles. The smallest absolute Gasteiger partial charge is 0.337 e. The standard InChI is InChI=1S/C15H16FNO2S/c1-10(8-12-4-3-7-20-12)17(2)14-6-5-11(16)9-13(14)15(18)19/h3-7,9-10H,8H2,1-2H3,(H,18,19). The number of carbonyl (C=O) groups is 1. The minimum Gasteiger partial charge on any atom is -0.478 e. The zero-order chi connectivity index (χ0) is 14.7. The maximum absolute atomic E-state index is 13.2. The van der Waals surface area contributed by atoms with Gasteiger partial charge in [-0.05, 0) is 36.6 Å². The van der Waals surface area contributed by atoms with E-state index in [1.807, 2.05) is 30.3 Å². The maximum Gasteiger partial charge on any atom is 0.337 e. The van der Waals surface area contributed by atoms with Crippen molar-refractivity contribution in [1.82, 2.24) is 0 Å². The Morgan fingerprint density at radius 2 is 2.20 bits per heavy atom. The summed E-state index contributed by atoms with van der Waals surface area (Å²) in [5, 5.41) is 11.2. The molecule has 0 fully saturated rings. The number of hydrogen-bond acceptors (Lipinski definition) is 3. The van der Waals surface area contributed by atoms with Gasteiger partial charge >= 0.3 is 5.97 Å². The molecule has 0 saturated carbocycles. The van der Waals surface area contributed by atoms with Gasteiger partial charge in [0.1, 0.15) is 5.82 Å². The van der Waals surface area contributed by atoms with Crippen molar-refractivity contribution in [2.24, 2.45) is 0 Å². The van der Waals surface area contributed by atoms with Gasteiger partial charge in [0, 0.05) is 24.4 Å². The van der Waals surface area contributed by atoms with E-state index in [0.717, 1.165) is 12.5 Å². The third-order valence-electron chi connectivity index (χ3n) is 3.31. The number of nitrogens with zero attached hydrogens (tertiary/aromatic N) is 1. The predicted molar refractivity (Wildman–Crippen MR) is 79.2 cm³/mol. The highest BCUT2D eigenvalue weighted by Crippen LogP contribution is 2.24. The van der Waals surface area contributed by atoms with Crippen LogP contribution in [0.25, 0.3) is 0 Å². The van der Waals surface area contributed by atoms with Crippen LogP contribution in [0.1, 0.15) is 22.2 Å². The number of likely N-dealkylation sites (N-methyl/N-ethyl adjacent to an activating group) is 1. The fraction of sp³-hybridized carbons (Fsp3) is 0.267. The van der Waals surface area contributed by atoms with Gasteiger partial charge in [-0.1, -0.05) is 6.07 Å². The van der Waals surface area contributed by atoms with E-state index in [2.05, 4.69) is 6.07 Å². The van der Waals surface area contributed by atoms with Gasteiger partial charge in [0.15, 0.2) is 0 Å². The molecule has 0 bridgehead atoms. The Bertz CT molecular complexity index is 598. The molecule has 1 N–H and O–H groups in total. The first-order valence-corrected chi connectivity index (χ1v) is 7.15. The molecule has 20 heavy (non-hydrogen) atoms. The van der Waals surface area contributed by atoms with E-state index in [-0.39, 0.29) is 11.6 Å². The number of halogens is 1. The highest BCUT2D eigenvalue weighted by atomic mass is 32.1. The Kier molecular flexibility index (Phi) is 4.39. The summed E-state index contributed by atoms with van der Waals surface area (Å²) in [6.07, 6.45) is 0.824. The molecule has 3 nitrogen and oxygen atoms in total. The molecule has 0 aliphatic rings. The molecule has 0 saturated heterocycles. The van der Waals surface area contributed by atoms with Gasteiger partial charge in [-0.3, -0.25) is 0 Å². The van der Waals surface area contributed by atoms with Crippen LogP contribution < -0.4 is 4.90 Å². The van der Waals surface area contributed by atoms with Crippen LogP contribution in [0.3, 0.4) is 0 Å². The van der Waals surface area contributed by atoms with Gasteiger partial charge in [0.05, 0.1) is 11.3 Å². The molecule has 0 radical (unpaired) electrons. The topological polar surface area (TPSA) is 40.5 Å². The normalized spacial score (nSPS) is 12.2. The molecule has 1 atom stereocenters. The molecular weight excluding hydrogens is 277 g/mol. The van der Waals surface area contributed by atoms with E-state index in [4.69, 9.17) is 0 Å². The molecule has 5 heteroatoms. The summed E-state index contributed by atoms with van der Waals surface area (Å²) in [4.78, 5) is 14.3. The minimum atomic E-state index is -1.12. The van der Waals surface area contributed by atoms with Gasteiger partial charge in [-0.2, -0.15) is 0 Å². The molecule has 1 aromatic carbocycles. The van der Waals surface area contributed by atoms with Gasteiger partial charge in [0.2, 0.25) is 0 Å². The molecule has 2 aromatic rings. The second-order valence-corrected chi connectivity index (χ2v) is 5.74. The molecule has 106 valence electrons. The fourth-order valence-corrected chi connectivity index (χ4v) is 2.91. The maximum atomic E-state index is 13.2. The first-order chi connectivity index (χ1) is 9.49. The van der Waals surface area contributed by atoms with Crippen LogP contribution in [-0.2, 0) is 6.42 Å². The summed E-state index contributed by atoms with van der Waals surface area (Å²) in [6.45, 7) is 2.02. The summed E-state index contributed by atoms with van der Waals surface area (Å²) in [6, 6.07) is 8.04. The fourth-order valence-electron chi connectivity index (χ4n) is 2.08. The lowest BCUT2D eigenvalue weighted by Crippen LogP contribution is -2.31. The minimum absolute atomic E-state index is 0.00877. The Morgan fingerprint density at radius 3 is 2.80 bits per heavy atom.